The zero-order chi connectivity index (χ0) is 15.5. The Morgan fingerprint density at radius 2 is 1.75 bits per heavy atom. The first-order valence-electron chi connectivity index (χ1n) is 7.28. The molecule has 20 heavy (non-hydrogen) atoms. The Morgan fingerprint density at radius 3 is 2.25 bits per heavy atom. The molecule has 0 N–H and O–H groups in total. The van der Waals surface area contributed by atoms with E-state index in [4.69, 9.17) is 9.47 Å². The van der Waals surface area contributed by atoms with Crippen LogP contribution in [0.4, 0.5) is 0 Å². The smallest absolute Gasteiger partial charge is 0.311 e. The highest BCUT2D eigenvalue weighted by Gasteiger charge is 2.71. The van der Waals surface area contributed by atoms with E-state index < -0.39 is 5.41 Å². The molecule has 0 unspecified atom stereocenters. The van der Waals surface area contributed by atoms with Crippen molar-refractivity contribution in [3.8, 4) is 0 Å². The van der Waals surface area contributed by atoms with Crippen LogP contribution in [-0.2, 0) is 19.1 Å². The lowest BCUT2D eigenvalue weighted by atomic mass is 9.40. The fourth-order valence-corrected chi connectivity index (χ4v) is 3.53. The number of rotatable bonds is 2. The molecule has 2 fully saturated rings. The molecule has 1 saturated carbocycles. The van der Waals surface area contributed by atoms with E-state index in [0.29, 0.717) is 0 Å². The molecule has 0 aromatic rings. The van der Waals surface area contributed by atoms with E-state index in [0.717, 1.165) is 0 Å². The number of fused-ring (bicyclic) bond motifs is 1. The van der Waals surface area contributed by atoms with Crippen molar-refractivity contribution in [3.63, 3.8) is 0 Å². The topological polar surface area (TPSA) is 52.6 Å². The third-order valence-electron chi connectivity index (χ3n) is 5.54. The first-order chi connectivity index (χ1) is 8.90. The molecular formula is C16H26O4. The summed E-state index contributed by atoms with van der Waals surface area (Å²) < 4.78 is 10.8. The maximum absolute atomic E-state index is 12.0. The second-order valence-corrected chi connectivity index (χ2v) is 8.27. The summed E-state index contributed by atoms with van der Waals surface area (Å²) in [6, 6.07) is 0. The van der Waals surface area contributed by atoms with Gasteiger partial charge in [-0.05, 0) is 31.6 Å². The lowest BCUT2D eigenvalue weighted by Gasteiger charge is -2.61. The van der Waals surface area contributed by atoms with Gasteiger partial charge in [-0.1, -0.05) is 27.7 Å². The van der Waals surface area contributed by atoms with E-state index in [2.05, 4.69) is 27.7 Å². The van der Waals surface area contributed by atoms with Crippen molar-refractivity contribution < 1.29 is 19.1 Å². The molecule has 2 rings (SSSR count). The fourth-order valence-electron chi connectivity index (χ4n) is 3.53. The van der Waals surface area contributed by atoms with Crippen LogP contribution in [0.15, 0.2) is 0 Å². The molecule has 0 spiro atoms. The number of esters is 2. The van der Waals surface area contributed by atoms with Crippen molar-refractivity contribution in [2.24, 2.45) is 28.1 Å². The van der Waals surface area contributed by atoms with Gasteiger partial charge in [0.05, 0.1) is 11.3 Å². The zero-order valence-electron chi connectivity index (χ0n) is 13.6. The highest BCUT2D eigenvalue weighted by Crippen LogP contribution is 2.68. The van der Waals surface area contributed by atoms with Gasteiger partial charge in [-0.3, -0.25) is 9.59 Å². The molecule has 4 heteroatoms. The molecule has 1 heterocycles. The second kappa shape index (κ2) is 4.22. The summed E-state index contributed by atoms with van der Waals surface area (Å²) in [5, 5.41) is 0. The predicted octanol–water partition coefficient (Wildman–Crippen LogP) is 2.80. The van der Waals surface area contributed by atoms with E-state index in [9.17, 15) is 9.59 Å². The van der Waals surface area contributed by atoms with Gasteiger partial charge in [-0.2, -0.15) is 0 Å². The summed E-state index contributed by atoms with van der Waals surface area (Å²) in [7, 11) is 0. The van der Waals surface area contributed by atoms with Crippen molar-refractivity contribution in [1.82, 2.24) is 0 Å². The van der Waals surface area contributed by atoms with E-state index in [1.807, 2.05) is 20.8 Å². The van der Waals surface area contributed by atoms with Crippen LogP contribution in [0, 0.1) is 28.1 Å². The standard InChI is InChI=1S/C16H26O4/c1-14(2,3)13(18)19-8-9-10-11(12(17)20-9)16(6,7)15(10,4)5/h9-11H,8H2,1-7H3/t9-,10-,11-/m1/s1. The van der Waals surface area contributed by atoms with Gasteiger partial charge in [0.25, 0.3) is 0 Å². The van der Waals surface area contributed by atoms with Crippen LogP contribution in [0.3, 0.4) is 0 Å². The Bertz CT molecular complexity index is 442. The van der Waals surface area contributed by atoms with Gasteiger partial charge in [0, 0.05) is 5.92 Å². The van der Waals surface area contributed by atoms with Crippen molar-refractivity contribution >= 4 is 11.9 Å². The molecule has 0 amide bonds. The Hall–Kier alpha value is -1.06. The van der Waals surface area contributed by atoms with Crippen molar-refractivity contribution in [3.05, 3.63) is 0 Å². The molecule has 0 radical (unpaired) electrons. The van der Waals surface area contributed by atoms with Gasteiger partial charge in [0.2, 0.25) is 0 Å². The normalized spacial score (nSPS) is 34.0. The van der Waals surface area contributed by atoms with E-state index in [-0.39, 0.29) is 47.3 Å². The van der Waals surface area contributed by atoms with Gasteiger partial charge in [0.1, 0.15) is 12.7 Å². The number of hydrogen-bond acceptors (Lipinski definition) is 4. The van der Waals surface area contributed by atoms with Gasteiger partial charge in [0.15, 0.2) is 0 Å². The van der Waals surface area contributed by atoms with Crippen molar-refractivity contribution in [2.45, 2.75) is 54.6 Å². The number of carbonyl (C=O) groups excluding carboxylic acids is 2. The summed E-state index contributed by atoms with van der Waals surface area (Å²) in [5.41, 5.74) is -0.601. The lowest BCUT2D eigenvalue weighted by Crippen LogP contribution is -2.62. The van der Waals surface area contributed by atoms with Crippen molar-refractivity contribution in [1.29, 1.82) is 0 Å². The minimum Gasteiger partial charge on any atom is -0.461 e. The average molecular weight is 282 g/mol. The van der Waals surface area contributed by atoms with Crippen LogP contribution in [-0.4, -0.2) is 24.6 Å². The number of hydrogen-bond donors (Lipinski definition) is 0. The molecule has 0 aromatic carbocycles. The molecule has 2 aliphatic rings. The van der Waals surface area contributed by atoms with E-state index >= 15 is 0 Å². The van der Waals surface area contributed by atoms with E-state index in [1.54, 1.807) is 0 Å². The van der Waals surface area contributed by atoms with E-state index in [1.165, 1.54) is 0 Å². The molecule has 4 nitrogen and oxygen atoms in total. The third kappa shape index (κ3) is 1.95. The zero-order valence-corrected chi connectivity index (χ0v) is 13.6. The first kappa shape index (κ1) is 15.3. The van der Waals surface area contributed by atoms with Crippen LogP contribution in [0.25, 0.3) is 0 Å². The van der Waals surface area contributed by atoms with Gasteiger partial charge in [-0.15, -0.1) is 0 Å². The summed E-state index contributed by atoms with van der Waals surface area (Å²) in [5.74, 6) is -0.335. The number of carbonyl (C=O) groups is 2. The van der Waals surface area contributed by atoms with Crippen LogP contribution in [0.5, 0.6) is 0 Å². The summed E-state index contributed by atoms with van der Waals surface area (Å²) >= 11 is 0. The summed E-state index contributed by atoms with van der Waals surface area (Å²) in [6.45, 7) is 14.2. The molecule has 0 bridgehead atoms. The van der Waals surface area contributed by atoms with Crippen LogP contribution in [0.1, 0.15) is 48.5 Å². The highest BCUT2D eigenvalue weighted by atomic mass is 16.6. The quantitative estimate of drug-likeness (QED) is 0.731. The molecule has 1 aliphatic heterocycles. The maximum atomic E-state index is 12.0. The van der Waals surface area contributed by atoms with Crippen LogP contribution in [0.2, 0.25) is 0 Å². The maximum Gasteiger partial charge on any atom is 0.311 e. The molecule has 3 atom stereocenters. The number of ether oxygens (including phenoxy) is 2. The minimum absolute atomic E-state index is 0.00261. The SMILES string of the molecule is CC(C)(C)C(=O)OC[C@H]1OC(=O)[C@H]2[C@@H]1C(C)(C)C2(C)C. The first-order valence-corrected chi connectivity index (χ1v) is 7.28. The Kier molecular flexibility index (Phi) is 3.23. The molecular weight excluding hydrogens is 256 g/mol. The average Bonchev–Trinajstić information content (AvgIpc) is 2.61. The summed E-state index contributed by atoms with van der Waals surface area (Å²) in [4.78, 5) is 23.9. The fraction of sp³-hybridized carbons (Fsp3) is 0.875. The lowest BCUT2D eigenvalue weighted by molar-refractivity contribution is -0.173. The second-order valence-electron chi connectivity index (χ2n) is 8.27. The Labute approximate surface area is 121 Å². The minimum atomic E-state index is -0.531. The molecule has 1 saturated heterocycles. The van der Waals surface area contributed by atoms with Crippen LogP contribution < -0.4 is 0 Å². The Balaban J connectivity index is 2.06. The van der Waals surface area contributed by atoms with Gasteiger partial charge in [-0.25, -0.2) is 0 Å². The largest absolute Gasteiger partial charge is 0.461 e. The molecule has 1 aliphatic carbocycles. The Morgan fingerprint density at radius 1 is 1.20 bits per heavy atom. The summed E-state index contributed by atoms with van der Waals surface area (Å²) in [6.07, 6.45) is -0.304. The third-order valence-corrected chi connectivity index (χ3v) is 5.54. The van der Waals surface area contributed by atoms with Crippen molar-refractivity contribution in [2.75, 3.05) is 6.61 Å². The monoisotopic (exact) mass is 282 g/mol. The number of cyclic esters (lactones) is 1. The van der Waals surface area contributed by atoms with Crippen LogP contribution >= 0.6 is 0 Å². The molecule has 0 aromatic heterocycles. The highest BCUT2D eigenvalue weighted by molar-refractivity contribution is 5.79. The van der Waals surface area contributed by atoms with Gasteiger partial charge >= 0.3 is 11.9 Å². The predicted molar refractivity (Wildman–Crippen MR) is 74.8 cm³/mol. The molecule has 114 valence electrons. The van der Waals surface area contributed by atoms with Gasteiger partial charge < -0.3 is 9.47 Å².